The zero-order valence-corrected chi connectivity index (χ0v) is 18.1. The molecule has 0 radical (unpaired) electrons. The van der Waals surface area contributed by atoms with E-state index in [1.165, 1.54) is 37.0 Å². The van der Waals surface area contributed by atoms with Crippen molar-refractivity contribution in [3.8, 4) is 0 Å². The van der Waals surface area contributed by atoms with E-state index in [9.17, 15) is 0 Å². The third kappa shape index (κ3) is 5.80. The van der Waals surface area contributed by atoms with Crippen molar-refractivity contribution in [1.82, 2.24) is 10.6 Å². The van der Waals surface area contributed by atoms with Crippen molar-refractivity contribution in [2.24, 2.45) is 4.99 Å². The topological polar surface area (TPSA) is 54.9 Å². The quantitative estimate of drug-likeness (QED) is 0.387. The van der Waals surface area contributed by atoms with Gasteiger partial charge in [0, 0.05) is 30.4 Å². The molecule has 2 fully saturated rings. The predicted molar refractivity (Wildman–Crippen MR) is 114 cm³/mol. The number of aliphatic imine (C=N–C) groups is 1. The molecule has 1 aromatic rings. The van der Waals surface area contributed by atoms with Gasteiger partial charge in [-0.3, -0.25) is 4.99 Å². The molecule has 2 heterocycles. The van der Waals surface area contributed by atoms with Gasteiger partial charge in [-0.2, -0.15) is 0 Å². The van der Waals surface area contributed by atoms with Crippen LogP contribution in [0.15, 0.2) is 22.5 Å². The van der Waals surface area contributed by atoms with Crippen LogP contribution in [-0.2, 0) is 14.9 Å². The van der Waals surface area contributed by atoms with Crippen LogP contribution >= 0.6 is 35.3 Å². The molecule has 1 saturated carbocycles. The summed E-state index contributed by atoms with van der Waals surface area (Å²) in [6.45, 7) is 3.71. The lowest BCUT2D eigenvalue weighted by Crippen LogP contribution is -2.49. The first kappa shape index (κ1) is 20.9. The Bertz CT molecular complexity index is 512. The highest BCUT2D eigenvalue weighted by atomic mass is 127. The minimum absolute atomic E-state index is 0. The van der Waals surface area contributed by atoms with E-state index in [2.05, 4.69) is 33.1 Å². The molecule has 25 heavy (non-hydrogen) atoms. The second-order valence-corrected chi connectivity index (χ2v) is 7.64. The minimum atomic E-state index is 0. The van der Waals surface area contributed by atoms with Crippen LogP contribution < -0.4 is 10.6 Å². The average molecular weight is 479 g/mol. The van der Waals surface area contributed by atoms with Gasteiger partial charge in [0.2, 0.25) is 0 Å². The molecule has 0 bridgehead atoms. The molecular formula is C18H30IN3O2S. The fraction of sp³-hybridized carbons (Fsp3) is 0.722. The van der Waals surface area contributed by atoms with Gasteiger partial charge in [-0.05, 0) is 24.3 Å². The molecule has 3 rings (SSSR count). The molecule has 1 aliphatic heterocycles. The lowest BCUT2D eigenvalue weighted by atomic mass is 9.73. The molecule has 0 amide bonds. The Morgan fingerprint density at radius 1 is 1.28 bits per heavy atom. The maximum Gasteiger partial charge on any atom is 0.191 e. The van der Waals surface area contributed by atoms with E-state index in [0.717, 1.165) is 19.0 Å². The molecule has 0 aromatic carbocycles. The normalized spacial score (nSPS) is 23.6. The number of ether oxygens (including phenoxy) is 2. The zero-order chi connectivity index (χ0) is 16.7. The molecule has 1 unspecified atom stereocenters. The molecule has 0 spiro atoms. The Morgan fingerprint density at radius 2 is 2.12 bits per heavy atom. The number of thiophene rings is 1. The van der Waals surface area contributed by atoms with Gasteiger partial charge in [-0.15, -0.1) is 35.3 Å². The second kappa shape index (κ2) is 10.7. The third-order valence-corrected chi connectivity index (χ3v) is 6.17. The smallest absolute Gasteiger partial charge is 0.191 e. The van der Waals surface area contributed by atoms with Gasteiger partial charge in [0.15, 0.2) is 5.96 Å². The van der Waals surface area contributed by atoms with Crippen molar-refractivity contribution in [1.29, 1.82) is 0 Å². The maximum absolute atomic E-state index is 5.68. The van der Waals surface area contributed by atoms with Crippen LogP contribution in [0, 0.1) is 0 Å². The number of guanidine groups is 1. The third-order valence-electron chi connectivity index (χ3n) is 5.05. The molecule has 142 valence electrons. The fourth-order valence-electron chi connectivity index (χ4n) is 3.66. The van der Waals surface area contributed by atoms with Crippen LogP contribution in [0.25, 0.3) is 0 Å². The summed E-state index contributed by atoms with van der Waals surface area (Å²) in [4.78, 5) is 5.88. The first-order valence-electron chi connectivity index (χ1n) is 9.00. The monoisotopic (exact) mass is 479 g/mol. The number of nitrogens with zero attached hydrogens (tertiary/aromatic N) is 1. The van der Waals surface area contributed by atoms with Gasteiger partial charge >= 0.3 is 0 Å². The van der Waals surface area contributed by atoms with Gasteiger partial charge in [0.05, 0.1) is 25.9 Å². The first-order valence-corrected chi connectivity index (χ1v) is 9.88. The Hall–Kier alpha value is -0.380. The van der Waals surface area contributed by atoms with Crippen LogP contribution in [0.5, 0.6) is 0 Å². The van der Waals surface area contributed by atoms with Gasteiger partial charge in [0.25, 0.3) is 0 Å². The van der Waals surface area contributed by atoms with Crippen molar-refractivity contribution < 1.29 is 9.47 Å². The van der Waals surface area contributed by atoms with E-state index in [1.54, 1.807) is 0 Å². The molecular weight excluding hydrogens is 449 g/mol. The van der Waals surface area contributed by atoms with Crippen molar-refractivity contribution >= 4 is 41.3 Å². The lowest BCUT2D eigenvalue weighted by Gasteiger charge is -2.37. The highest BCUT2D eigenvalue weighted by Gasteiger charge is 2.34. The fourth-order valence-corrected chi connectivity index (χ4v) is 4.64. The predicted octanol–water partition coefficient (Wildman–Crippen LogP) is 3.15. The highest BCUT2D eigenvalue weighted by molar-refractivity contribution is 14.0. The zero-order valence-electron chi connectivity index (χ0n) is 15.0. The molecule has 2 aliphatic rings. The van der Waals surface area contributed by atoms with Gasteiger partial charge in [-0.1, -0.05) is 25.3 Å². The Kier molecular flexibility index (Phi) is 8.95. The van der Waals surface area contributed by atoms with E-state index in [-0.39, 0.29) is 35.5 Å². The molecule has 5 nitrogen and oxygen atoms in total. The summed E-state index contributed by atoms with van der Waals surface area (Å²) in [6, 6.07) is 4.46. The summed E-state index contributed by atoms with van der Waals surface area (Å²) in [6.07, 6.45) is 6.63. The van der Waals surface area contributed by atoms with E-state index in [0.29, 0.717) is 19.8 Å². The molecule has 1 aliphatic carbocycles. The van der Waals surface area contributed by atoms with E-state index in [4.69, 9.17) is 9.47 Å². The SMILES string of the molecule is CN=C(NCC1COCCO1)NCC1(c2cccs2)CCCCC1.I. The van der Waals surface area contributed by atoms with Crippen LogP contribution in [0.3, 0.4) is 0 Å². The summed E-state index contributed by atoms with van der Waals surface area (Å²) in [5.74, 6) is 0.852. The summed E-state index contributed by atoms with van der Waals surface area (Å²) in [5, 5.41) is 9.13. The molecule has 1 saturated heterocycles. The maximum atomic E-state index is 5.68. The standard InChI is InChI=1S/C18H29N3O2S.HI/c1-19-17(20-12-15-13-22-9-10-23-15)21-14-18(7-3-2-4-8-18)16-6-5-11-24-16;/h5-6,11,15H,2-4,7-10,12-14H2,1H3,(H2,19,20,21);1H. The lowest BCUT2D eigenvalue weighted by molar-refractivity contribution is -0.0850. The Labute approximate surface area is 172 Å². The van der Waals surface area contributed by atoms with E-state index >= 15 is 0 Å². The number of rotatable bonds is 5. The van der Waals surface area contributed by atoms with Crippen molar-refractivity contribution in [3.63, 3.8) is 0 Å². The van der Waals surface area contributed by atoms with Gasteiger partial charge < -0.3 is 20.1 Å². The van der Waals surface area contributed by atoms with Crippen LogP contribution in [0.4, 0.5) is 0 Å². The molecule has 2 N–H and O–H groups in total. The molecule has 1 aromatic heterocycles. The summed E-state index contributed by atoms with van der Waals surface area (Å²) < 4.78 is 11.1. The largest absolute Gasteiger partial charge is 0.376 e. The average Bonchev–Trinajstić information content (AvgIpc) is 3.19. The second-order valence-electron chi connectivity index (χ2n) is 6.69. The van der Waals surface area contributed by atoms with E-state index < -0.39 is 0 Å². The highest BCUT2D eigenvalue weighted by Crippen LogP contribution is 2.41. The van der Waals surface area contributed by atoms with Gasteiger partial charge in [-0.25, -0.2) is 0 Å². The van der Waals surface area contributed by atoms with Crippen molar-refractivity contribution in [3.05, 3.63) is 22.4 Å². The first-order chi connectivity index (χ1) is 11.8. The number of hydrogen-bond donors (Lipinski definition) is 2. The molecule has 1 atom stereocenters. The Morgan fingerprint density at radius 3 is 2.76 bits per heavy atom. The minimum Gasteiger partial charge on any atom is -0.376 e. The summed E-state index contributed by atoms with van der Waals surface area (Å²) in [7, 11) is 1.83. The van der Waals surface area contributed by atoms with Gasteiger partial charge in [0.1, 0.15) is 0 Å². The Balaban J connectivity index is 0.00000225. The van der Waals surface area contributed by atoms with Crippen LogP contribution in [-0.4, -0.2) is 52.0 Å². The summed E-state index contributed by atoms with van der Waals surface area (Å²) in [5.41, 5.74) is 0.258. The van der Waals surface area contributed by atoms with Crippen molar-refractivity contribution in [2.45, 2.75) is 43.6 Å². The number of nitrogens with one attached hydrogen (secondary N) is 2. The molecule has 7 heteroatoms. The summed E-state index contributed by atoms with van der Waals surface area (Å²) >= 11 is 1.89. The number of hydrogen-bond acceptors (Lipinski definition) is 4. The van der Waals surface area contributed by atoms with Crippen LogP contribution in [0.2, 0.25) is 0 Å². The van der Waals surface area contributed by atoms with E-state index in [1.807, 2.05) is 18.4 Å². The van der Waals surface area contributed by atoms with Crippen molar-refractivity contribution in [2.75, 3.05) is 40.0 Å². The number of halogens is 1. The van der Waals surface area contributed by atoms with Crippen LogP contribution in [0.1, 0.15) is 37.0 Å².